The van der Waals surface area contributed by atoms with Gasteiger partial charge < -0.3 is 112 Å². The summed E-state index contributed by atoms with van der Waals surface area (Å²) in [7, 11) is 0. The molecule has 1 heterocycles. The highest BCUT2D eigenvalue weighted by Crippen LogP contribution is 2.19. The first kappa shape index (κ1) is 110. The first-order chi connectivity index (χ1) is 57.4. The molecule has 123 heavy (non-hydrogen) atoms. The second-order valence-electron chi connectivity index (χ2n) is 34.4. The normalized spacial score (nSPS) is 20.7. The number of hydrogen-bond donors (Lipinski definition) is 20. The molecule has 0 aromatic rings. The average molecular weight is 1750 g/mol. The lowest BCUT2D eigenvalue weighted by molar-refractivity contribution is -0.152. The molecule has 16 atom stereocenters. The molecule has 0 aromatic heterocycles. The smallest absolute Gasteiger partial charge is 0.329 e. The number of esters is 1. The fourth-order valence-corrected chi connectivity index (χ4v) is 13.1. The number of hydrogen-bond acceptors (Lipinski definition) is 22. The number of carbonyl (C=O) groups excluding carboxylic acids is 19. The van der Waals surface area contributed by atoms with Crippen LogP contribution in [-0.4, -0.2) is 226 Å². The van der Waals surface area contributed by atoms with E-state index in [2.05, 4.69) is 81.4 Å². The molecule has 698 valence electrons. The number of rotatable bonds is 49. The third-order valence-corrected chi connectivity index (χ3v) is 20.1. The fourth-order valence-electron chi connectivity index (χ4n) is 13.1. The number of amides is 18. The second kappa shape index (κ2) is 56.9. The Balaban J connectivity index is 4.15. The number of carboxylic acids is 1. The molecule has 0 bridgehead atoms. The maximum Gasteiger partial charge on any atom is 0.329 e. The van der Waals surface area contributed by atoms with Crippen LogP contribution in [0.3, 0.4) is 0 Å². The van der Waals surface area contributed by atoms with Crippen LogP contribution >= 0.6 is 0 Å². The van der Waals surface area contributed by atoms with Gasteiger partial charge in [-0.3, -0.25) is 91.1 Å². The third kappa shape index (κ3) is 44.8. The minimum absolute atomic E-state index is 0.0345. The summed E-state index contributed by atoms with van der Waals surface area (Å²) in [6.45, 7) is 25.3. The highest BCUT2D eigenvalue weighted by molar-refractivity contribution is 6.01. The monoisotopic (exact) mass is 1750 g/mol. The number of cyclic esters (lactones) is 1. The third-order valence-electron chi connectivity index (χ3n) is 20.1. The molecule has 0 spiro atoms. The molecule has 41 heteroatoms. The predicted molar refractivity (Wildman–Crippen MR) is 450 cm³/mol. The Morgan fingerprint density at radius 2 is 0.789 bits per heavy atom. The molecule has 1 fully saturated rings. The van der Waals surface area contributed by atoms with Gasteiger partial charge >= 0.3 is 11.9 Å². The summed E-state index contributed by atoms with van der Waals surface area (Å²) in [4.78, 5) is 278. The van der Waals surface area contributed by atoms with Crippen LogP contribution in [-0.2, 0) is 101 Å². The molecule has 0 aliphatic carbocycles. The largest absolute Gasteiger partial charge is 0.481 e. The Morgan fingerprint density at radius 3 is 1.20 bits per heavy atom. The van der Waals surface area contributed by atoms with Gasteiger partial charge in [-0.15, -0.1) is 0 Å². The molecule has 0 saturated carbocycles. The number of aliphatic hydroxyl groups excluding tert-OH is 1. The van der Waals surface area contributed by atoms with Crippen LogP contribution in [0.2, 0.25) is 0 Å². The molecule has 1 saturated heterocycles. The number of unbranched alkanes of at least 4 members (excludes halogenated alkanes) is 4. The van der Waals surface area contributed by atoms with Crippen LogP contribution in [0.25, 0.3) is 0 Å². The minimum Gasteiger partial charge on any atom is -0.481 e. The molecular weight excluding hydrogens is 1610 g/mol. The molecule has 1 aliphatic rings. The highest BCUT2D eigenvalue weighted by Gasteiger charge is 2.41. The zero-order valence-corrected chi connectivity index (χ0v) is 74.4. The van der Waals surface area contributed by atoms with Crippen LogP contribution in [0.5, 0.6) is 0 Å². The van der Waals surface area contributed by atoms with Crippen LogP contribution in [0.1, 0.15) is 258 Å². The van der Waals surface area contributed by atoms with Crippen LogP contribution < -0.4 is 97.4 Å². The topological polar surface area (TPSA) is 664 Å². The zero-order valence-electron chi connectivity index (χ0n) is 74.4. The summed E-state index contributed by atoms with van der Waals surface area (Å²) < 4.78 is 5.73. The lowest BCUT2D eigenvalue weighted by atomic mass is 9.97. The first-order valence-electron chi connectivity index (χ1n) is 42.8. The van der Waals surface area contributed by atoms with Crippen LogP contribution in [0.4, 0.5) is 0 Å². The Labute approximate surface area is 720 Å². The fraction of sp³-hybridized carbons (Fsp3) is 0.756. The van der Waals surface area contributed by atoms with E-state index >= 15 is 0 Å². The van der Waals surface area contributed by atoms with Crippen molar-refractivity contribution in [2.75, 3.05) is 6.61 Å². The van der Waals surface area contributed by atoms with Crippen molar-refractivity contribution in [2.24, 2.45) is 64.4 Å². The highest BCUT2D eigenvalue weighted by atomic mass is 16.5. The molecule has 1 aliphatic heterocycles. The summed E-state index contributed by atoms with van der Waals surface area (Å²) in [5, 5.41) is 55.6. The summed E-state index contributed by atoms with van der Waals surface area (Å²) in [5.74, 6) is -24.3. The van der Waals surface area contributed by atoms with Crippen molar-refractivity contribution in [3.63, 3.8) is 0 Å². The molecule has 18 amide bonds. The molecular formula is C82H142N18O23. The maximum absolute atomic E-state index is 14.9. The van der Waals surface area contributed by atoms with Gasteiger partial charge in [0, 0.05) is 32.1 Å². The van der Waals surface area contributed by atoms with E-state index in [4.69, 9.17) is 27.7 Å². The number of carbonyl (C=O) groups is 20. The summed E-state index contributed by atoms with van der Waals surface area (Å²) in [5.41, 5.74) is 22.1. The lowest BCUT2D eigenvalue weighted by Gasteiger charge is -2.30. The maximum atomic E-state index is 14.9. The van der Waals surface area contributed by atoms with E-state index in [-0.39, 0.29) is 68.6 Å². The van der Waals surface area contributed by atoms with Crippen molar-refractivity contribution in [3.8, 4) is 0 Å². The Morgan fingerprint density at radius 1 is 0.415 bits per heavy atom. The van der Waals surface area contributed by atoms with E-state index in [1.54, 1.807) is 76.2 Å². The number of carboxylic acid groups (broad SMARTS) is 1. The number of nitrogens with two attached hydrogens (primary N) is 4. The van der Waals surface area contributed by atoms with Crippen molar-refractivity contribution in [3.05, 3.63) is 0 Å². The van der Waals surface area contributed by atoms with E-state index in [0.717, 1.165) is 32.6 Å². The van der Waals surface area contributed by atoms with E-state index in [1.807, 2.05) is 0 Å². The Hall–Kier alpha value is -10.6. The summed E-state index contributed by atoms with van der Waals surface area (Å²) >= 11 is 0. The number of nitrogens with one attached hydrogen (secondary N) is 14. The van der Waals surface area contributed by atoms with Crippen LogP contribution in [0, 0.1) is 41.4 Å². The van der Waals surface area contributed by atoms with E-state index in [9.17, 15) is 106 Å². The van der Waals surface area contributed by atoms with Crippen molar-refractivity contribution in [1.29, 1.82) is 0 Å². The number of aliphatic carboxylic acids is 1. The molecule has 0 aromatic carbocycles. The van der Waals surface area contributed by atoms with Gasteiger partial charge in [-0.05, 0) is 119 Å². The summed E-state index contributed by atoms with van der Waals surface area (Å²) in [6, 6.07) is -22.9. The van der Waals surface area contributed by atoms with Gasteiger partial charge in [0.1, 0.15) is 91.2 Å². The average Bonchev–Trinajstić information content (AvgIpc) is 1.16. The summed E-state index contributed by atoms with van der Waals surface area (Å²) in [6.07, 6.45) is -2.28. The number of primary amides is 4. The molecule has 41 nitrogen and oxygen atoms in total. The minimum atomic E-state index is -2.10. The van der Waals surface area contributed by atoms with Crippen molar-refractivity contribution in [1.82, 2.24) is 74.4 Å². The van der Waals surface area contributed by atoms with Gasteiger partial charge in [-0.1, -0.05) is 142 Å². The van der Waals surface area contributed by atoms with E-state index in [1.165, 1.54) is 20.8 Å². The van der Waals surface area contributed by atoms with Crippen molar-refractivity contribution >= 4 is 118 Å². The zero-order chi connectivity index (χ0) is 93.8. The van der Waals surface area contributed by atoms with Gasteiger partial charge in [0.25, 0.3) is 0 Å². The second-order valence-corrected chi connectivity index (χ2v) is 34.4. The Kier molecular flexibility index (Phi) is 51.1. The lowest BCUT2D eigenvalue weighted by Crippen LogP contribution is -2.62. The number of aliphatic hydroxyl groups is 1. The van der Waals surface area contributed by atoms with Crippen molar-refractivity contribution in [2.45, 2.75) is 349 Å². The number of ether oxygens (including phenoxy) is 1. The van der Waals surface area contributed by atoms with Gasteiger partial charge in [0.2, 0.25) is 106 Å². The van der Waals surface area contributed by atoms with Crippen molar-refractivity contribution < 1.29 is 111 Å². The van der Waals surface area contributed by atoms with E-state index in [0.29, 0.717) is 12.8 Å². The molecule has 0 radical (unpaired) electrons. The van der Waals surface area contributed by atoms with Gasteiger partial charge in [-0.2, -0.15) is 0 Å². The van der Waals surface area contributed by atoms with E-state index < -0.39 is 298 Å². The SMILES string of the molecule is CCCCCCC[C@@H](O)CC(=O)N[C@@H](CC(C)C)C(=O)N[C@H](CCC(=O)O)C(=O)N[C@H](CCC(N)=O)C(=O)N[C@@H](C(=O)N[C@H](CC(C)C)C(=O)N[C@@H](CCC(N)=O)C(=O)N[C@@H]1COC(=O)[C@H]([C@@H](C)CC)NC(=O)[C@@H](CCC(N)=O)NC(=O)[C@H](CC(C)C)NC(=O)[C@H](CC(C)C)NC(=O)[C@@H](CCC(N)=O)NC(=O)[C@@H](CC(C)C)NC(=O)[C@@H](C)NC1=O)C(C)C. The van der Waals surface area contributed by atoms with Crippen LogP contribution in [0.15, 0.2) is 0 Å². The molecule has 24 N–H and O–H groups in total. The predicted octanol–water partition coefficient (Wildman–Crippen LogP) is -1.68. The molecule has 1 rings (SSSR count). The standard InChI is InChI=1S/C82H142N18O23/c1-17-19-20-21-22-23-49(101)39-65(106)88-55(34-41(3)4)75(115)93-54(28-33-66(107)108)70(110)89-52(26-31-63(85)104)73(113)99-67(46(13)14)81(121)97-59(38-45(11)12)78(118)91-51(25-30-62(84)103)72(112)98-60-40-123-82(122)68(47(15)18-2)100-74(114)53(27-32-64(86)105)92-77(117)57(36-43(7)8)96-79(119)58(37-44(9)10)95-71(111)50(24-29-61(83)102)90-76(116)56(35-42(5)6)94-69(109)48(16)87-80(60)120/h41-60,67-68,101H,17-40H2,1-16H3,(H2,83,102)(H2,84,103)(H2,85,104)(H2,86,105)(H,87,120)(H,88,106)(H,89,110)(H,90,116)(H,91,118)(H,92,117)(H,93,115)(H,94,109)(H,95,111)(H,96,119)(H,97,121)(H,98,112)(H,99,113)(H,100,114)(H,107,108)/t47-,48+,49+,50+,51-,52+,53+,54+,55-,56+,57-,58-,59+,60+,67+,68-/m0/s1. The van der Waals surface area contributed by atoms with Gasteiger partial charge in [-0.25, -0.2) is 4.79 Å². The Bertz CT molecular complexity index is 3580. The van der Waals surface area contributed by atoms with Gasteiger partial charge in [0.05, 0.1) is 12.5 Å². The molecule has 0 unspecified atom stereocenters. The quantitative estimate of drug-likeness (QED) is 0.0239. The van der Waals surface area contributed by atoms with Gasteiger partial charge in [0.15, 0.2) is 0 Å². The first-order valence-corrected chi connectivity index (χ1v) is 42.8.